The molecule has 0 unspecified atom stereocenters. The van der Waals surface area contributed by atoms with Gasteiger partial charge in [-0.3, -0.25) is 9.59 Å². The van der Waals surface area contributed by atoms with Crippen LogP contribution in [0.25, 0.3) is 5.76 Å². The van der Waals surface area contributed by atoms with Gasteiger partial charge in [-0.15, -0.1) is 0 Å². The van der Waals surface area contributed by atoms with Crippen LogP contribution in [0, 0.1) is 0 Å². The van der Waals surface area contributed by atoms with Crippen molar-refractivity contribution in [3.8, 4) is 5.75 Å². The minimum absolute atomic E-state index is 0.00919. The first-order valence-corrected chi connectivity index (χ1v) is 11.5. The van der Waals surface area contributed by atoms with E-state index in [1.54, 1.807) is 61.1 Å². The number of nitrogens with zero attached hydrogens (tertiary/aromatic N) is 3. The molecule has 34 heavy (non-hydrogen) atoms. The number of ether oxygens (including phenoxy) is 1. The molecule has 1 aromatic heterocycles. The van der Waals surface area contributed by atoms with Crippen LogP contribution in [-0.2, 0) is 16.1 Å². The number of rotatable bonds is 8. The predicted molar refractivity (Wildman–Crippen MR) is 130 cm³/mol. The minimum atomic E-state index is -0.743. The summed E-state index contributed by atoms with van der Waals surface area (Å²) in [5.41, 5.74) is 1.14. The number of aliphatic hydroxyl groups is 1. The third-order valence-electron chi connectivity index (χ3n) is 5.58. The Labute approximate surface area is 203 Å². The number of aryl methyl sites for hydroxylation is 1. The highest BCUT2D eigenvalue weighted by Crippen LogP contribution is 2.40. The first kappa shape index (κ1) is 23.6. The van der Waals surface area contributed by atoms with Gasteiger partial charge in [-0.05, 0) is 62.2 Å². The third kappa shape index (κ3) is 4.99. The van der Waals surface area contributed by atoms with Crippen LogP contribution in [0.3, 0.4) is 0 Å². The second kappa shape index (κ2) is 10.1. The van der Waals surface area contributed by atoms with Gasteiger partial charge in [-0.25, -0.2) is 4.98 Å². The molecule has 4 rings (SSSR count). The van der Waals surface area contributed by atoms with Gasteiger partial charge < -0.3 is 19.3 Å². The van der Waals surface area contributed by atoms with Gasteiger partial charge >= 0.3 is 0 Å². The number of likely N-dealkylation sites (tertiary alicyclic amines) is 1. The first-order valence-electron chi connectivity index (χ1n) is 11.1. The molecule has 8 heteroatoms. The molecular weight excluding hydrogens is 454 g/mol. The van der Waals surface area contributed by atoms with Crippen molar-refractivity contribution in [3.63, 3.8) is 0 Å². The molecule has 1 aliphatic rings. The number of imidazole rings is 1. The number of amides is 1. The molecule has 176 valence electrons. The summed E-state index contributed by atoms with van der Waals surface area (Å²) in [4.78, 5) is 31.7. The van der Waals surface area contributed by atoms with E-state index < -0.39 is 17.7 Å². The van der Waals surface area contributed by atoms with E-state index in [-0.39, 0.29) is 17.4 Å². The zero-order chi connectivity index (χ0) is 24.2. The molecular formula is C26H26ClN3O4. The largest absolute Gasteiger partial charge is 0.507 e. The van der Waals surface area contributed by atoms with Crippen LogP contribution in [0.4, 0.5) is 0 Å². The molecule has 7 nitrogen and oxygen atoms in total. The van der Waals surface area contributed by atoms with Crippen molar-refractivity contribution in [1.29, 1.82) is 0 Å². The summed E-state index contributed by atoms with van der Waals surface area (Å²) in [5, 5.41) is 11.7. The maximum absolute atomic E-state index is 13.1. The summed E-state index contributed by atoms with van der Waals surface area (Å²) in [6.45, 7) is 4.82. The zero-order valence-corrected chi connectivity index (χ0v) is 19.8. The maximum atomic E-state index is 13.1. The quantitative estimate of drug-likeness (QED) is 0.284. The lowest BCUT2D eigenvalue weighted by Crippen LogP contribution is -2.31. The SMILES string of the molecule is CC(C)Oc1ccc(C(O)=C2C(=O)C(=O)N(CCCn3ccnc3)[C@H]2c2cccc(Cl)c2)cc1. The third-order valence-corrected chi connectivity index (χ3v) is 5.81. The van der Waals surface area contributed by atoms with Crippen LogP contribution in [-0.4, -0.2) is 43.9 Å². The Morgan fingerprint density at radius 2 is 1.91 bits per heavy atom. The van der Waals surface area contributed by atoms with Crippen LogP contribution in [0.2, 0.25) is 5.02 Å². The number of carbonyl (C=O) groups excluding carboxylic acids is 2. The number of ketones is 1. The van der Waals surface area contributed by atoms with Crippen molar-refractivity contribution >= 4 is 29.1 Å². The number of hydrogen-bond acceptors (Lipinski definition) is 5. The molecule has 0 bridgehead atoms. The highest BCUT2D eigenvalue weighted by atomic mass is 35.5. The molecule has 1 N–H and O–H groups in total. The monoisotopic (exact) mass is 479 g/mol. The van der Waals surface area contributed by atoms with Crippen LogP contribution in [0.1, 0.15) is 37.4 Å². The molecule has 0 spiro atoms. The summed E-state index contributed by atoms with van der Waals surface area (Å²) in [6.07, 6.45) is 5.86. The standard InChI is InChI=1S/C26H26ClN3O4/c1-17(2)34-21-9-7-18(8-10-21)24(31)22-23(19-5-3-6-20(27)15-19)30(26(33)25(22)32)13-4-12-29-14-11-28-16-29/h3,5-11,14-17,23,31H,4,12-13H2,1-2H3/t23-/m0/s1. The van der Waals surface area contributed by atoms with Gasteiger partial charge in [0.25, 0.3) is 11.7 Å². The average molecular weight is 480 g/mol. The Hall–Kier alpha value is -3.58. The van der Waals surface area contributed by atoms with E-state index >= 15 is 0 Å². The number of aliphatic hydroxyl groups excluding tert-OH is 1. The Balaban J connectivity index is 1.70. The van der Waals surface area contributed by atoms with Crippen molar-refractivity contribution in [1.82, 2.24) is 14.5 Å². The lowest BCUT2D eigenvalue weighted by atomic mass is 9.95. The molecule has 3 aromatic rings. The summed E-state index contributed by atoms with van der Waals surface area (Å²) >= 11 is 6.23. The van der Waals surface area contributed by atoms with Crippen LogP contribution in [0.15, 0.2) is 72.8 Å². The van der Waals surface area contributed by atoms with Gasteiger partial charge in [0.1, 0.15) is 11.5 Å². The summed E-state index contributed by atoms with van der Waals surface area (Å²) in [6, 6.07) is 13.1. The molecule has 1 saturated heterocycles. The topological polar surface area (TPSA) is 84.7 Å². The van der Waals surface area contributed by atoms with E-state index in [1.807, 2.05) is 24.6 Å². The molecule has 0 aliphatic carbocycles. The van der Waals surface area contributed by atoms with Crippen molar-refractivity contribution < 1.29 is 19.4 Å². The smallest absolute Gasteiger partial charge is 0.295 e. The van der Waals surface area contributed by atoms with Crippen molar-refractivity contribution in [2.24, 2.45) is 0 Å². The second-order valence-electron chi connectivity index (χ2n) is 8.39. The summed E-state index contributed by atoms with van der Waals surface area (Å²) in [5.74, 6) is -0.932. The summed E-state index contributed by atoms with van der Waals surface area (Å²) < 4.78 is 7.57. The molecule has 2 heterocycles. The number of carbonyl (C=O) groups is 2. The number of halogens is 1. The van der Waals surface area contributed by atoms with Gasteiger partial charge in [0.05, 0.1) is 24.0 Å². The molecule has 2 aromatic carbocycles. The number of Topliss-reactive ketones (excluding diaryl/α,β-unsaturated/α-hetero) is 1. The molecule has 1 fully saturated rings. The molecule has 0 saturated carbocycles. The van der Waals surface area contributed by atoms with Crippen molar-refractivity contribution in [2.45, 2.75) is 39.0 Å². The van der Waals surface area contributed by atoms with E-state index in [1.165, 1.54) is 4.90 Å². The highest BCUT2D eigenvalue weighted by molar-refractivity contribution is 6.46. The second-order valence-corrected chi connectivity index (χ2v) is 8.83. The van der Waals surface area contributed by atoms with Crippen LogP contribution < -0.4 is 4.74 Å². The van der Waals surface area contributed by atoms with Gasteiger partial charge in [0.2, 0.25) is 0 Å². The van der Waals surface area contributed by atoms with Gasteiger partial charge in [0, 0.05) is 36.1 Å². The fourth-order valence-electron chi connectivity index (χ4n) is 4.10. The molecule has 1 amide bonds. The fourth-order valence-corrected chi connectivity index (χ4v) is 4.29. The van der Waals surface area contributed by atoms with Gasteiger partial charge in [-0.1, -0.05) is 23.7 Å². The average Bonchev–Trinajstić information content (AvgIpc) is 3.41. The van der Waals surface area contributed by atoms with Gasteiger partial charge in [0.15, 0.2) is 0 Å². The first-order chi connectivity index (χ1) is 16.3. The molecule has 1 atom stereocenters. The Morgan fingerprint density at radius 3 is 2.56 bits per heavy atom. The zero-order valence-electron chi connectivity index (χ0n) is 19.0. The maximum Gasteiger partial charge on any atom is 0.295 e. The Kier molecular flexibility index (Phi) is 7.03. The number of hydrogen-bond donors (Lipinski definition) is 1. The normalized spacial score (nSPS) is 17.5. The number of benzene rings is 2. The highest BCUT2D eigenvalue weighted by Gasteiger charge is 2.45. The van der Waals surface area contributed by atoms with Gasteiger partial charge in [-0.2, -0.15) is 0 Å². The van der Waals surface area contributed by atoms with Crippen LogP contribution in [0.5, 0.6) is 5.75 Å². The van der Waals surface area contributed by atoms with E-state index in [4.69, 9.17) is 16.3 Å². The Bertz CT molecular complexity index is 1200. The number of aromatic nitrogens is 2. The molecule has 0 radical (unpaired) electrons. The fraction of sp³-hybridized carbons (Fsp3) is 0.269. The van der Waals surface area contributed by atoms with E-state index in [0.717, 1.165) is 0 Å². The summed E-state index contributed by atoms with van der Waals surface area (Å²) in [7, 11) is 0. The van der Waals surface area contributed by atoms with E-state index in [2.05, 4.69) is 4.98 Å². The van der Waals surface area contributed by atoms with E-state index in [9.17, 15) is 14.7 Å². The van der Waals surface area contributed by atoms with E-state index in [0.29, 0.717) is 41.4 Å². The van der Waals surface area contributed by atoms with Crippen molar-refractivity contribution in [3.05, 3.63) is 89.0 Å². The minimum Gasteiger partial charge on any atom is -0.507 e. The lowest BCUT2D eigenvalue weighted by molar-refractivity contribution is -0.139. The predicted octanol–water partition coefficient (Wildman–Crippen LogP) is 4.84. The molecule has 1 aliphatic heterocycles. The van der Waals surface area contributed by atoms with Crippen molar-refractivity contribution in [2.75, 3.05) is 6.54 Å². The Morgan fingerprint density at radius 1 is 1.15 bits per heavy atom. The van der Waals surface area contributed by atoms with Crippen LogP contribution >= 0.6 is 11.6 Å². The lowest BCUT2D eigenvalue weighted by Gasteiger charge is -2.25.